The van der Waals surface area contributed by atoms with Crippen LogP contribution >= 0.6 is 0 Å². The van der Waals surface area contributed by atoms with Crippen LogP contribution in [0.15, 0.2) is 23.1 Å². The summed E-state index contributed by atoms with van der Waals surface area (Å²) in [6.07, 6.45) is 4.48. The lowest BCUT2D eigenvalue weighted by atomic mass is 10.2. The number of ether oxygens (including phenoxy) is 1. The second kappa shape index (κ2) is 7.35. The van der Waals surface area contributed by atoms with E-state index in [1.807, 2.05) is 0 Å². The molecule has 0 heterocycles. The number of benzene rings is 1. The van der Waals surface area contributed by atoms with E-state index >= 15 is 0 Å². The zero-order valence-electron chi connectivity index (χ0n) is 11.5. The monoisotopic (exact) mass is 286 g/mol. The summed E-state index contributed by atoms with van der Waals surface area (Å²) in [6, 6.07) is 4.50. The van der Waals surface area contributed by atoms with E-state index < -0.39 is 10.0 Å². The van der Waals surface area contributed by atoms with Crippen LogP contribution in [0.3, 0.4) is 0 Å². The first-order valence-corrected chi connectivity index (χ1v) is 7.95. The lowest BCUT2D eigenvalue weighted by Gasteiger charge is -2.10. The molecule has 6 heteroatoms. The average Bonchev–Trinajstić information content (AvgIpc) is 2.40. The predicted octanol–water partition coefficient (Wildman–Crippen LogP) is 2.14. The van der Waals surface area contributed by atoms with Gasteiger partial charge in [-0.15, -0.1) is 0 Å². The number of anilines is 1. The molecule has 0 aliphatic carbocycles. The topological polar surface area (TPSA) is 81.4 Å². The number of unbranched alkanes of at least 4 members (excludes halogenated alkanes) is 3. The van der Waals surface area contributed by atoms with Gasteiger partial charge in [0.05, 0.1) is 17.2 Å². The Hall–Kier alpha value is -1.27. The molecule has 1 aromatic rings. The van der Waals surface area contributed by atoms with Gasteiger partial charge in [-0.2, -0.15) is 0 Å². The van der Waals surface area contributed by atoms with Crippen molar-refractivity contribution in [3.05, 3.63) is 18.2 Å². The Balaban J connectivity index is 2.63. The Morgan fingerprint density at radius 3 is 2.58 bits per heavy atom. The number of nitrogens with one attached hydrogen (secondary N) is 1. The summed E-state index contributed by atoms with van der Waals surface area (Å²) in [5, 5.41) is 0. The van der Waals surface area contributed by atoms with Crippen LogP contribution in [0.25, 0.3) is 0 Å². The summed E-state index contributed by atoms with van der Waals surface area (Å²) < 4.78 is 31.0. The van der Waals surface area contributed by atoms with Crippen molar-refractivity contribution < 1.29 is 13.2 Å². The number of hydrogen-bond acceptors (Lipinski definition) is 4. The first kappa shape index (κ1) is 15.8. The van der Waals surface area contributed by atoms with Crippen molar-refractivity contribution in [1.82, 2.24) is 4.72 Å². The van der Waals surface area contributed by atoms with Crippen LogP contribution < -0.4 is 15.2 Å². The molecule has 0 bridgehead atoms. The highest BCUT2D eigenvalue weighted by Gasteiger charge is 2.13. The zero-order valence-corrected chi connectivity index (χ0v) is 12.3. The number of nitrogen functional groups attached to an aromatic ring is 1. The summed E-state index contributed by atoms with van der Waals surface area (Å²) in [5.74, 6) is 0.534. The molecule has 0 saturated heterocycles. The summed E-state index contributed by atoms with van der Waals surface area (Å²) in [4.78, 5) is 0.144. The molecule has 0 atom stereocenters. The first-order chi connectivity index (χ1) is 9.01. The molecule has 0 amide bonds. The molecule has 5 nitrogen and oxygen atoms in total. The molecule has 0 aliphatic rings. The summed E-state index contributed by atoms with van der Waals surface area (Å²) in [6.45, 7) is 2.75. The zero-order chi connectivity index (χ0) is 14.3. The van der Waals surface area contributed by atoms with Crippen LogP contribution in [-0.2, 0) is 10.0 Å². The van der Waals surface area contributed by atoms with Gasteiger partial charge >= 0.3 is 0 Å². The first-order valence-electron chi connectivity index (χ1n) is 6.47. The summed E-state index contributed by atoms with van der Waals surface area (Å²) >= 11 is 0. The van der Waals surface area contributed by atoms with Crippen LogP contribution in [0.2, 0.25) is 0 Å². The van der Waals surface area contributed by atoms with E-state index in [4.69, 9.17) is 10.5 Å². The van der Waals surface area contributed by atoms with E-state index in [0.717, 1.165) is 12.8 Å². The third-order valence-electron chi connectivity index (χ3n) is 2.82. The lowest BCUT2D eigenvalue weighted by Crippen LogP contribution is -2.18. The maximum Gasteiger partial charge on any atom is 0.240 e. The van der Waals surface area contributed by atoms with Gasteiger partial charge < -0.3 is 10.5 Å². The van der Waals surface area contributed by atoms with E-state index in [2.05, 4.69) is 11.6 Å². The Morgan fingerprint density at radius 1 is 1.26 bits per heavy atom. The van der Waals surface area contributed by atoms with Gasteiger partial charge in [-0.25, -0.2) is 13.1 Å². The van der Waals surface area contributed by atoms with E-state index in [9.17, 15) is 8.42 Å². The van der Waals surface area contributed by atoms with Gasteiger partial charge in [0.2, 0.25) is 10.0 Å². The summed E-state index contributed by atoms with van der Waals surface area (Å²) in [7, 11) is -2.09. The van der Waals surface area contributed by atoms with Gasteiger partial charge in [-0.3, -0.25) is 0 Å². The van der Waals surface area contributed by atoms with E-state index in [-0.39, 0.29) is 4.90 Å². The van der Waals surface area contributed by atoms with Crippen LogP contribution in [-0.4, -0.2) is 22.1 Å². The highest BCUT2D eigenvalue weighted by Crippen LogP contribution is 2.24. The fourth-order valence-electron chi connectivity index (χ4n) is 1.65. The molecular weight excluding hydrogens is 264 g/mol. The van der Waals surface area contributed by atoms with Crippen molar-refractivity contribution >= 4 is 15.7 Å². The Kier molecular flexibility index (Phi) is 6.11. The molecule has 19 heavy (non-hydrogen) atoms. The quantitative estimate of drug-likeness (QED) is 0.566. The third kappa shape index (κ3) is 4.72. The maximum absolute atomic E-state index is 11.6. The van der Waals surface area contributed by atoms with Gasteiger partial charge in [0, 0.05) is 0 Å². The van der Waals surface area contributed by atoms with Gasteiger partial charge in [0.25, 0.3) is 0 Å². The number of rotatable bonds is 8. The van der Waals surface area contributed by atoms with Gasteiger partial charge in [0.15, 0.2) is 0 Å². The second-order valence-electron chi connectivity index (χ2n) is 4.32. The van der Waals surface area contributed by atoms with Crippen LogP contribution in [0.5, 0.6) is 5.75 Å². The largest absolute Gasteiger partial charge is 0.491 e. The normalized spacial score (nSPS) is 11.5. The van der Waals surface area contributed by atoms with Crippen LogP contribution in [0, 0.1) is 0 Å². The maximum atomic E-state index is 11.6. The van der Waals surface area contributed by atoms with Gasteiger partial charge in [-0.05, 0) is 31.7 Å². The van der Waals surface area contributed by atoms with E-state index in [0.29, 0.717) is 18.0 Å². The highest BCUT2D eigenvalue weighted by molar-refractivity contribution is 7.89. The van der Waals surface area contributed by atoms with E-state index in [1.54, 1.807) is 6.07 Å². The minimum atomic E-state index is -3.46. The molecule has 0 unspecified atom stereocenters. The van der Waals surface area contributed by atoms with Crippen molar-refractivity contribution in [2.24, 2.45) is 0 Å². The van der Waals surface area contributed by atoms with Crippen molar-refractivity contribution in [2.75, 3.05) is 19.4 Å². The fraction of sp³-hybridized carbons (Fsp3) is 0.538. The molecule has 0 aliphatic heterocycles. The van der Waals surface area contributed by atoms with Crippen molar-refractivity contribution in [3.8, 4) is 5.75 Å². The molecule has 1 rings (SSSR count). The van der Waals surface area contributed by atoms with Gasteiger partial charge in [-0.1, -0.05) is 26.2 Å². The molecule has 0 saturated carbocycles. The smallest absolute Gasteiger partial charge is 0.240 e. The predicted molar refractivity (Wildman–Crippen MR) is 76.7 cm³/mol. The Labute approximate surface area is 115 Å². The summed E-state index contributed by atoms with van der Waals surface area (Å²) in [5.41, 5.74) is 6.14. The van der Waals surface area contributed by atoms with Gasteiger partial charge in [0.1, 0.15) is 5.75 Å². The second-order valence-corrected chi connectivity index (χ2v) is 6.20. The van der Waals surface area contributed by atoms with Crippen molar-refractivity contribution in [1.29, 1.82) is 0 Å². The molecular formula is C13H22N2O3S. The fourth-order valence-corrected chi connectivity index (χ4v) is 2.42. The Bertz CT molecular complexity index is 501. The molecule has 3 N–H and O–H groups in total. The highest BCUT2D eigenvalue weighted by atomic mass is 32.2. The molecule has 0 fully saturated rings. The number of hydrogen-bond donors (Lipinski definition) is 2. The minimum absolute atomic E-state index is 0.144. The SMILES string of the molecule is CCCCCCOc1ccc(S(=O)(=O)NC)cc1N. The standard InChI is InChI=1S/C13H22N2O3S/c1-3-4-5-6-9-18-13-8-7-11(10-12(13)14)19(16,17)15-2/h7-8,10,15H,3-6,9,14H2,1-2H3. The third-order valence-corrected chi connectivity index (χ3v) is 4.23. The minimum Gasteiger partial charge on any atom is -0.491 e. The van der Waals surface area contributed by atoms with Crippen LogP contribution in [0.4, 0.5) is 5.69 Å². The molecule has 0 aromatic heterocycles. The number of nitrogens with two attached hydrogens (primary N) is 1. The molecule has 0 spiro atoms. The van der Waals surface area contributed by atoms with E-state index in [1.165, 1.54) is 32.0 Å². The lowest BCUT2D eigenvalue weighted by molar-refractivity contribution is 0.306. The average molecular weight is 286 g/mol. The Morgan fingerprint density at radius 2 is 2.00 bits per heavy atom. The van der Waals surface area contributed by atoms with Crippen LogP contribution in [0.1, 0.15) is 32.6 Å². The molecule has 0 radical (unpaired) electrons. The number of sulfonamides is 1. The van der Waals surface area contributed by atoms with Crippen molar-refractivity contribution in [3.63, 3.8) is 0 Å². The molecule has 108 valence electrons. The van der Waals surface area contributed by atoms with Crippen molar-refractivity contribution in [2.45, 2.75) is 37.5 Å². The molecule has 1 aromatic carbocycles.